The van der Waals surface area contributed by atoms with Crippen LogP contribution in [0.15, 0.2) is 21.2 Å². The molecule has 0 aliphatic heterocycles. The number of hydrogen-bond donors (Lipinski definition) is 0. The van der Waals surface area contributed by atoms with Gasteiger partial charge in [-0.1, -0.05) is 19.3 Å². The summed E-state index contributed by atoms with van der Waals surface area (Å²) in [5.41, 5.74) is 0. The molecule has 0 atom stereocenters. The van der Waals surface area contributed by atoms with Crippen LogP contribution in [0.4, 0.5) is 5.82 Å². The van der Waals surface area contributed by atoms with Gasteiger partial charge in [0.2, 0.25) is 0 Å². The normalized spacial score (nSPS) is 17.1. The molecule has 1 aromatic rings. The summed E-state index contributed by atoms with van der Waals surface area (Å²) in [6, 6.07) is 2.06. The summed E-state index contributed by atoms with van der Waals surface area (Å²) in [4.78, 5) is 6.75. The fraction of sp³-hybridized carbons (Fsp3) is 0.615. The first kappa shape index (κ1) is 13.3. The summed E-state index contributed by atoms with van der Waals surface area (Å²) in [6.45, 7) is 1.12. The van der Waals surface area contributed by atoms with Crippen molar-refractivity contribution in [1.29, 1.82) is 0 Å². The lowest BCUT2D eigenvalue weighted by atomic mass is 9.89. The summed E-state index contributed by atoms with van der Waals surface area (Å²) < 4.78 is 2.07. The minimum atomic E-state index is 0.839. The molecule has 0 radical (unpaired) electrons. The molecule has 0 N–H and O–H groups in total. The van der Waals surface area contributed by atoms with E-state index in [0.29, 0.717) is 0 Å². The van der Waals surface area contributed by atoms with Crippen molar-refractivity contribution in [3.8, 4) is 0 Å². The van der Waals surface area contributed by atoms with Gasteiger partial charge in [0.1, 0.15) is 5.82 Å². The Morgan fingerprint density at radius 2 is 2.00 bits per heavy atom. The van der Waals surface area contributed by atoms with Crippen LogP contribution < -0.4 is 4.90 Å². The molecule has 94 valence electrons. The third kappa shape index (κ3) is 3.68. The van der Waals surface area contributed by atoms with Crippen LogP contribution in [0.5, 0.6) is 0 Å². The molecule has 1 saturated carbocycles. The molecule has 17 heavy (non-hydrogen) atoms. The van der Waals surface area contributed by atoms with E-state index in [2.05, 4.69) is 54.9 Å². The number of anilines is 1. The molecule has 0 amide bonds. The van der Waals surface area contributed by atoms with Crippen molar-refractivity contribution < 1.29 is 0 Å². The van der Waals surface area contributed by atoms with E-state index in [1.807, 2.05) is 6.20 Å². The Morgan fingerprint density at radius 1 is 1.29 bits per heavy atom. The highest BCUT2D eigenvalue weighted by molar-refractivity contribution is 9.11. The van der Waals surface area contributed by atoms with Crippen molar-refractivity contribution in [3.63, 3.8) is 0 Å². The highest BCUT2D eigenvalue weighted by Crippen LogP contribution is 2.29. The van der Waals surface area contributed by atoms with Gasteiger partial charge >= 0.3 is 0 Å². The highest BCUT2D eigenvalue weighted by atomic mass is 79.9. The van der Waals surface area contributed by atoms with Crippen LogP contribution in [-0.2, 0) is 0 Å². The van der Waals surface area contributed by atoms with E-state index in [4.69, 9.17) is 0 Å². The van der Waals surface area contributed by atoms with Crippen molar-refractivity contribution in [3.05, 3.63) is 21.2 Å². The molecule has 0 bridgehead atoms. The minimum absolute atomic E-state index is 0.839. The summed E-state index contributed by atoms with van der Waals surface area (Å²) in [7, 11) is 2.13. The molecule has 0 saturated heterocycles. The van der Waals surface area contributed by atoms with Crippen LogP contribution in [0.3, 0.4) is 0 Å². The first-order valence-electron chi connectivity index (χ1n) is 6.19. The maximum absolute atomic E-state index is 4.48. The van der Waals surface area contributed by atoms with E-state index in [1.165, 1.54) is 32.1 Å². The van der Waals surface area contributed by atoms with Gasteiger partial charge in [0.05, 0.1) is 4.47 Å². The molecule has 1 heterocycles. The quantitative estimate of drug-likeness (QED) is 0.780. The smallest absolute Gasteiger partial charge is 0.142 e. The molecule has 2 rings (SSSR count). The first-order chi connectivity index (χ1) is 8.16. The number of rotatable bonds is 3. The summed E-state index contributed by atoms with van der Waals surface area (Å²) in [6.07, 6.45) is 8.82. The van der Waals surface area contributed by atoms with E-state index < -0.39 is 0 Å². The number of nitrogens with zero attached hydrogens (tertiary/aromatic N) is 2. The summed E-state index contributed by atoms with van der Waals surface area (Å²) in [5, 5.41) is 0. The van der Waals surface area contributed by atoms with Crippen LogP contribution in [0.1, 0.15) is 32.1 Å². The summed E-state index contributed by atoms with van der Waals surface area (Å²) >= 11 is 7.01. The maximum Gasteiger partial charge on any atom is 0.142 e. The van der Waals surface area contributed by atoms with Crippen molar-refractivity contribution in [2.75, 3.05) is 18.5 Å². The number of aromatic nitrogens is 1. The van der Waals surface area contributed by atoms with Crippen LogP contribution in [0.25, 0.3) is 0 Å². The topological polar surface area (TPSA) is 16.1 Å². The van der Waals surface area contributed by atoms with E-state index in [9.17, 15) is 0 Å². The van der Waals surface area contributed by atoms with E-state index in [1.54, 1.807) is 0 Å². The standard InChI is InChI=1S/C13H18Br2N2/c1-17(9-10-5-3-2-4-6-10)13-12(15)7-11(14)8-16-13/h7-8,10H,2-6,9H2,1H3. The second kappa shape index (κ2) is 6.19. The molecule has 0 spiro atoms. The van der Waals surface area contributed by atoms with Gasteiger partial charge in [0, 0.05) is 24.3 Å². The molecule has 2 nitrogen and oxygen atoms in total. The zero-order valence-corrected chi connectivity index (χ0v) is 13.3. The summed E-state index contributed by atoms with van der Waals surface area (Å²) in [5.74, 6) is 1.88. The zero-order chi connectivity index (χ0) is 12.3. The predicted octanol–water partition coefficient (Wildman–Crippen LogP) is 4.62. The van der Waals surface area contributed by atoms with Crippen molar-refractivity contribution in [2.45, 2.75) is 32.1 Å². The maximum atomic E-state index is 4.48. The number of pyridine rings is 1. The minimum Gasteiger partial charge on any atom is -0.358 e. The Hall–Kier alpha value is -0.0900. The average molecular weight is 362 g/mol. The van der Waals surface area contributed by atoms with Crippen molar-refractivity contribution >= 4 is 37.7 Å². The van der Waals surface area contributed by atoms with Gasteiger partial charge in [-0.05, 0) is 56.7 Å². The molecule has 0 aromatic carbocycles. The van der Waals surface area contributed by atoms with Gasteiger partial charge in [-0.15, -0.1) is 0 Å². The molecule has 1 aromatic heterocycles. The lowest BCUT2D eigenvalue weighted by Gasteiger charge is -2.28. The van der Waals surface area contributed by atoms with Crippen LogP contribution in [0.2, 0.25) is 0 Å². The van der Waals surface area contributed by atoms with Gasteiger partial charge in [-0.3, -0.25) is 0 Å². The van der Waals surface area contributed by atoms with Crippen LogP contribution >= 0.6 is 31.9 Å². The fourth-order valence-electron chi connectivity index (χ4n) is 2.53. The van der Waals surface area contributed by atoms with E-state index in [-0.39, 0.29) is 0 Å². The molecule has 1 fully saturated rings. The van der Waals surface area contributed by atoms with Crippen molar-refractivity contribution in [1.82, 2.24) is 4.98 Å². The molecule has 1 aliphatic carbocycles. The molecule has 4 heteroatoms. The second-order valence-corrected chi connectivity index (χ2v) is 6.61. The second-order valence-electron chi connectivity index (χ2n) is 4.84. The Labute approximate surface area is 120 Å². The zero-order valence-electron chi connectivity index (χ0n) is 10.1. The molecule has 1 aliphatic rings. The average Bonchev–Trinajstić information content (AvgIpc) is 2.30. The van der Waals surface area contributed by atoms with Crippen LogP contribution in [-0.4, -0.2) is 18.6 Å². The third-order valence-electron chi connectivity index (χ3n) is 3.41. The Kier molecular flexibility index (Phi) is 4.86. The Morgan fingerprint density at radius 3 is 2.65 bits per heavy atom. The first-order valence-corrected chi connectivity index (χ1v) is 7.77. The molecule has 0 unspecified atom stereocenters. The highest BCUT2D eigenvalue weighted by Gasteiger charge is 2.17. The Bertz CT molecular complexity index is 376. The largest absolute Gasteiger partial charge is 0.358 e. The van der Waals surface area contributed by atoms with E-state index >= 15 is 0 Å². The van der Waals surface area contributed by atoms with Crippen LogP contribution in [0, 0.1) is 5.92 Å². The van der Waals surface area contributed by atoms with Gasteiger partial charge in [-0.2, -0.15) is 0 Å². The third-order valence-corrected chi connectivity index (χ3v) is 4.42. The monoisotopic (exact) mass is 360 g/mol. The van der Waals surface area contributed by atoms with Gasteiger partial charge in [0.15, 0.2) is 0 Å². The van der Waals surface area contributed by atoms with Gasteiger partial charge in [-0.25, -0.2) is 4.98 Å². The lowest BCUT2D eigenvalue weighted by molar-refractivity contribution is 0.361. The Balaban J connectivity index is 2.00. The fourth-order valence-corrected chi connectivity index (χ4v) is 3.82. The molecular formula is C13H18Br2N2. The van der Waals surface area contributed by atoms with Crippen molar-refractivity contribution in [2.24, 2.45) is 5.92 Å². The lowest BCUT2D eigenvalue weighted by Crippen LogP contribution is -2.27. The predicted molar refractivity (Wildman–Crippen MR) is 79.5 cm³/mol. The SMILES string of the molecule is CN(CC1CCCCC1)c1ncc(Br)cc1Br. The van der Waals surface area contributed by atoms with Gasteiger partial charge < -0.3 is 4.90 Å². The van der Waals surface area contributed by atoms with E-state index in [0.717, 1.165) is 27.2 Å². The number of hydrogen-bond acceptors (Lipinski definition) is 2. The number of halogens is 2. The van der Waals surface area contributed by atoms with Gasteiger partial charge in [0.25, 0.3) is 0 Å². The molecular weight excluding hydrogens is 344 g/mol.